The molecule has 12 nitrogen and oxygen atoms in total. The third-order valence-corrected chi connectivity index (χ3v) is 11.5. The van der Waals surface area contributed by atoms with Crippen molar-refractivity contribution in [3.63, 3.8) is 0 Å². The SMILES string of the molecule is O=[N+]([O-])c1ccc(P(c2ccc([N+](=O)[O-])cc2)c2ccc(P(c3ccc([N+](=O)[O-])cc3)c3ccc([N+](=O)[O-])cc3)cc2)cc1. The monoisotopic (exact) mass is 626 g/mol. The van der Waals surface area contributed by atoms with Crippen molar-refractivity contribution in [2.45, 2.75) is 0 Å². The standard InChI is InChI=1S/C30H20N4O8P2/c35-31(36)21-1-9-25(10-2-21)43(26-11-3-22(4-12-26)32(37)38)29-17-19-30(20-18-29)44(27-13-5-23(6-14-27)33(39)40)28-15-7-24(8-16-28)34(41)42/h1-20H. The van der Waals surface area contributed by atoms with Crippen LogP contribution in [-0.4, -0.2) is 19.7 Å². The third-order valence-electron chi connectivity index (χ3n) is 6.64. The minimum atomic E-state index is -1.26. The Morgan fingerprint density at radius 1 is 0.295 bits per heavy atom. The van der Waals surface area contributed by atoms with Crippen molar-refractivity contribution in [3.05, 3.63) is 162 Å². The maximum Gasteiger partial charge on any atom is 0.269 e. The summed E-state index contributed by atoms with van der Waals surface area (Å²) in [6.45, 7) is 0. The number of nitro groups is 4. The highest BCUT2D eigenvalue weighted by Gasteiger charge is 2.22. The average molecular weight is 626 g/mol. The van der Waals surface area contributed by atoms with Crippen LogP contribution in [0.15, 0.2) is 121 Å². The van der Waals surface area contributed by atoms with E-state index in [4.69, 9.17) is 0 Å². The van der Waals surface area contributed by atoms with E-state index in [1.165, 1.54) is 48.5 Å². The summed E-state index contributed by atoms with van der Waals surface area (Å²) in [4.78, 5) is 43.1. The molecule has 0 spiro atoms. The van der Waals surface area contributed by atoms with Crippen LogP contribution in [0.5, 0.6) is 0 Å². The van der Waals surface area contributed by atoms with Crippen molar-refractivity contribution in [1.82, 2.24) is 0 Å². The van der Waals surface area contributed by atoms with Gasteiger partial charge >= 0.3 is 0 Å². The second-order valence-corrected chi connectivity index (χ2v) is 13.7. The van der Waals surface area contributed by atoms with E-state index >= 15 is 0 Å². The second-order valence-electron chi connectivity index (χ2n) is 9.28. The van der Waals surface area contributed by atoms with Gasteiger partial charge in [0.2, 0.25) is 0 Å². The Balaban J connectivity index is 1.58. The first kappa shape index (κ1) is 30.0. The average Bonchev–Trinajstić information content (AvgIpc) is 3.03. The summed E-state index contributed by atoms with van der Waals surface area (Å²) in [7, 11) is -2.52. The summed E-state index contributed by atoms with van der Waals surface area (Å²) in [6.07, 6.45) is 0. The molecule has 0 atom stereocenters. The first-order chi connectivity index (χ1) is 21.1. The Kier molecular flexibility index (Phi) is 8.76. The maximum atomic E-state index is 11.2. The Morgan fingerprint density at radius 2 is 0.432 bits per heavy atom. The molecule has 0 aromatic heterocycles. The van der Waals surface area contributed by atoms with Gasteiger partial charge in [-0.15, -0.1) is 0 Å². The van der Waals surface area contributed by atoms with Crippen LogP contribution < -0.4 is 31.8 Å². The van der Waals surface area contributed by atoms with E-state index in [1.807, 2.05) is 24.3 Å². The van der Waals surface area contributed by atoms with Gasteiger partial charge in [0.1, 0.15) is 0 Å². The van der Waals surface area contributed by atoms with E-state index in [2.05, 4.69) is 0 Å². The normalized spacial score (nSPS) is 11.0. The van der Waals surface area contributed by atoms with Crippen LogP contribution in [0.1, 0.15) is 0 Å². The van der Waals surface area contributed by atoms with E-state index in [1.54, 1.807) is 48.5 Å². The van der Waals surface area contributed by atoms with Gasteiger partial charge in [-0.05, 0) is 96.2 Å². The molecule has 0 aliphatic carbocycles. The molecule has 0 amide bonds. The smallest absolute Gasteiger partial charge is 0.258 e. The zero-order valence-corrected chi connectivity index (χ0v) is 24.3. The lowest BCUT2D eigenvalue weighted by Crippen LogP contribution is -2.24. The number of rotatable bonds is 10. The lowest BCUT2D eigenvalue weighted by Gasteiger charge is -2.22. The van der Waals surface area contributed by atoms with Gasteiger partial charge < -0.3 is 0 Å². The molecule has 0 N–H and O–H groups in total. The van der Waals surface area contributed by atoms with Crippen molar-refractivity contribution in [3.8, 4) is 0 Å². The molecule has 44 heavy (non-hydrogen) atoms. The summed E-state index contributed by atoms with van der Waals surface area (Å²) in [5, 5.41) is 50.0. The molecule has 0 bridgehead atoms. The van der Waals surface area contributed by atoms with E-state index in [9.17, 15) is 40.5 Å². The minimum Gasteiger partial charge on any atom is -0.258 e. The minimum absolute atomic E-state index is 0.0559. The number of benzene rings is 5. The van der Waals surface area contributed by atoms with Crippen LogP contribution in [0.4, 0.5) is 22.7 Å². The predicted molar refractivity (Wildman–Crippen MR) is 170 cm³/mol. The topological polar surface area (TPSA) is 173 Å². The highest BCUT2D eigenvalue weighted by atomic mass is 31.1. The lowest BCUT2D eigenvalue weighted by atomic mass is 10.3. The third kappa shape index (κ3) is 6.47. The molecule has 14 heteroatoms. The summed E-state index contributed by atoms with van der Waals surface area (Å²) in [5.41, 5.74) is -0.224. The van der Waals surface area contributed by atoms with Gasteiger partial charge in [0.15, 0.2) is 0 Å². The van der Waals surface area contributed by atoms with Crippen LogP contribution in [0.25, 0.3) is 0 Å². The quantitative estimate of drug-likeness (QED) is 0.120. The molecule has 5 aromatic rings. The molecule has 0 radical (unpaired) electrons. The van der Waals surface area contributed by atoms with Gasteiger partial charge in [-0.25, -0.2) is 0 Å². The Labute approximate surface area is 251 Å². The molecule has 0 fully saturated rings. The second kappa shape index (κ2) is 12.8. The summed E-state index contributed by atoms with van der Waals surface area (Å²) < 4.78 is 0. The Hall–Kier alpha value is -5.44. The lowest BCUT2D eigenvalue weighted by molar-refractivity contribution is -0.385. The molecule has 0 unspecified atom stereocenters. The van der Waals surface area contributed by atoms with Crippen molar-refractivity contribution in [2.75, 3.05) is 0 Å². The van der Waals surface area contributed by atoms with Crippen molar-refractivity contribution >= 4 is 70.4 Å². The highest BCUT2D eigenvalue weighted by Crippen LogP contribution is 2.37. The van der Waals surface area contributed by atoms with Crippen LogP contribution >= 0.6 is 15.8 Å². The zero-order valence-electron chi connectivity index (χ0n) is 22.5. The number of nitrogens with zero attached hydrogens (tertiary/aromatic N) is 4. The van der Waals surface area contributed by atoms with Gasteiger partial charge in [0.25, 0.3) is 22.7 Å². The molecule has 0 aliphatic rings. The molecule has 5 aromatic carbocycles. The van der Waals surface area contributed by atoms with Crippen LogP contribution in [0, 0.1) is 40.5 Å². The first-order valence-corrected chi connectivity index (χ1v) is 15.5. The van der Waals surface area contributed by atoms with Crippen LogP contribution in [0.3, 0.4) is 0 Å². The molecule has 5 rings (SSSR count). The summed E-state index contributed by atoms with van der Waals surface area (Å²) >= 11 is 0. The Morgan fingerprint density at radius 3 is 0.568 bits per heavy atom. The molecule has 0 aliphatic heterocycles. The van der Waals surface area contributed by atoms with Gasteiger partial charge in [0.05, 0.1) is 19.7 Å². The number of hydrogen-bond acceptors (Lipinski definition) is 8. The zero-order chi connectivity index (χ0) is 31.4. The predicted octanol–water partition coefficient (Wildman–Crippen LogP) is 4.84. The van der Waals surface area contributed by atoms with Gasteiger partial charge in [-0.2, -0.15) is 0 Å². The van der Waals surface area contributed by atoms with Gasteiger partial charge in [-0.1, -0.05) is 24.3 Å². The number of nitro benzene ring substituents is 4. The molecule has 0 saturated heterocycles. The number of hydrogen-bond donors (Lipinski definition) is 0. The van der Waals surface area contributed by atoms with Crippen LogP contribution in [0.2, 0.25) is 0 Å². The van der Waals surface area contributed by atoms with Gasteiger partial charge in [0, 0.05) is 48.5 Å². The first-order valence-electron chi connectivity index (χ1n) is 12.8. The largest absolute Gasteiger partial charge is 0.269 e. The molecular formula is C30H20N4O8P2. The maximum absolute atomic E-state index is 11.2. The van der Waals surface area contributed by atoms with Crippen molar-refractivity contribution < 1.29 is 19.7 Å². The summed E-state index contributed by atoms with van der Waals surface area (Å²) in [6, 6.07) is 32.5. The molecule has 218 valence electrons. The molecular weight excluding hydrogens is 606 g/mol. The fourth-order valence-electron chi connectivity index (χ4n) is 4.54. The van der Waals surface area contributed by atoms with E-state index in [0.29, 0.717) is 0 Å². The molecule has 0 saturated carbocycles. The van der Waals surface area contributed by atoms with Gasteiger partial charge in [-0.3, -0.25) is 40.5 Å². The Bertz CT molecular complexity index is 1600. The fraction of sp³-hybridized carbons (Fsp3) is 0. The molecule has 0 heterocycles. The van der Waals surface area contributed by atoms with E-state index in [0.717, 1.165) is 31.8 Å². The fourth-order valence-corrected chi connectivity index (χ4v) is 9.01. The van der Waals surface area contributed by atoms with Crippen molar-refractivity contribution in [1.29, 1.82) is 0 Å². The number of non-ortho nitro benzene ring substituents is 4. The van der Waals surface area contributed by atoms with Crippen molar-refractivity contribution in [2.24, 2.45) is 0 Å². The van der Waals surface area contributed by atoms with E-state index < -0.39 is 35.5 Å². The summed E-state index contributed by atoms with van der Waals surface area (Å²) in [5.74, 6) is 0. The van der Waals surface area contributed by atoms with E-state index in [-0.39, 0.29) is 22.7 Å². The highest BCUT2D eigenvalue weighted by molar-refractivity contribution is 7.80. The van der Waals surface area contributed by atoms with Crippen LogP contribution in [-0.2, 0) is 0 Å².